The lowest BCUT2D eigenvalue weighted by molar-refractivity contribution is -0.129. The zero-order valence-corrected chi connectivity index (χ0v) is 26.6. The number of nitrogens with one attached hydrogen (secondary N) is 1. The minimum Gasteiger partial charge on any atom is -0.470 e. The molecule has 0 spiro atoms. The first-order valence-corrected chi connectivity index (χ1v) is 17.4. The maximum Gasteiger partial charge on any atom is 0.252 e. The van der Waals surface area contributed by atoms with Gasteiger partial charge in [0.05, 0.1) is 19.3 Å². The van der Waals surface area contributed by atoms with Crippen molar-refractivity contribution < 1.29 is 24.1 Å². The van der Waals surface area contributed by atoms with Crippen LogP contribution in [0.1, 0.15) is 96.3 Å². The molecule has 0 aromatic carbocycles. The maximum absolute atomic E-state index is 14.6. The van der Waals surface area contributed by atoms with E-state index in [1.165, 1.54) is 19.3 Å². The van der Waals surface area contributed by atoms with E-state index < -0.39 is 11.6 Å². The molecule has 2 atom stereocenters. The minimum absolute atomic E-state index is 0.0152. The SMILES string of the molecule is [N-]=[N+]=NCC1=C([C@@H]2OC(C3CCC(OCCCO)CC3)=N[C@]2(CC2CCCCC2)C(=O)NCCN2CCOCC2)CCCC1. The number of azide groups is 1. The van der Waals surface area contributed by atoms with Crippen LogP contribution in [0, 0.1) is 11.8 Å². The molecule has 5 aliphatic rings. The molecular weight excluding hydrogens is 560 g/mol. The average Bonchev–Trinajstić information content (AvgIpc) is 3.45. The van der Waals surface area contributed by atoms with E-state index in [0.717, 1.165) is 114 Å². The van der Waals surface area contributed by atoms with Gasteiger partial charge in [-0.3, -0.25) is 9.69 Å². The van der Waals surface area contributed by atoms with Crippen molar-refractivity contribution in [1.29, 1.82) is 0 Å². The van der Waals surface area contributed by atoms with E-state index in [-0.39, 0.29) is 24.5 Å². The van der Waals surface area contributed by atoms with E-state index in [1.54, 1.807) is 0 Å². The summed E-state index contributed by atoms with van der Waals surface area (Å²) in [6, 6.07) is 0. The number of hydrogen-bond donors (Lipinski definition) is 2. The van der Waals surface area contributed by atoms with Crippen molar-refractivity contribution in [3.05, 3.63) is 21.6 Å². The van der Waals surface area contributed by atoms with Crippen molar-refractivity contribution >= 4 is 11.8 Å². The van der Waals surface area contributed by atoms with Crippen LogP contribution in [-0.4, -0.2) is 98.7 Å². The van der Waals surface area contributed by atoms with E-state index >= 15 is 0 Å². The average molecular weight is 615 g/mol. The lowest BCUT2D eigenvalue weighted by atomic mass is 9.72. The highest BCUT2D eigenvalue weighted by Crippen LogP contribution is 2.46. The Hall–Kier alpha value is -2.17. The third-order valence-electron chi connectivity index (χ3n) is 10.5. The Labute approximate surface area is 262 Å². The van der Waals surface area contributed by atoms with Gasteiger partial charge >= 0.3 is 0 Å². The van der Waals surface area contributed by atoms with E-state index in [2.05, 4.69) is 20.2 Å². The molecule has 1 saturated heterocycles. The highest BCUT2D eigenvalue weighted by molar-refractivity contribution is 5.94. The fraction of sp³-hybridized carbons (Fsp3) is 0.879. The number of carbonyl (C=O) groups is 1. The molecular formula is C33H54N6O5. The first-order chi connectivity index (χ1) is 21.6. The van der Waals surface area contributed by atoms with E-state index in [0.29, 0.717) is 38.5 Å². The predicted octanol–water partition coefficient (Wildman–Crippen LogP) is 5.08. The van der Waals surface area contributed by atoms with E-state index in [4.69, 9.17) is 29.8 Å². The molecule has 2 saturated carbocycles. The maximum atomic E-state index is 14.6. The zero-order chi connectivity index (χ0) is 30.6. The number of carbonyl (C=O) groups excluding carboxylic acids is 1. The molecule has 1 amide bonds. The fourth-order valence-corrected chi connectivity index (χ4v) is 7.99. The Morgan fingerprint density at radius 3 is 2.61 bits per heavy atom. The zero-order valence-electron chi connectivity index (χ0n) is 26.6. The van der Waals surface area contributed by atoms with Crippen LogP contribution < -0.4 is 5.32 Å². The van der Waals surface area contributed by atoms with Gasteiger partial charge in [-0.25, -0.2) is 4.99 Å². The Kier molecular flexibility index (Phi) is 12.8. The first kappa shape index (κ1) is 33.2. The third-order valence-corrected chi connectivity index (χ3v) is 10.5. The summed E-state index contributed by atoms with van der Waals surface area (Å²) in [5.74, 6) is 1.32. The van der Waals surface area contributed by atoms with Gasteiger partial charge < -0.3 is 24.6 Å². The van der Waals surface area contributed by atoms with Gasteiger partial charge in [-0.1, -0.05) is 42.8 Å². The number of aliphatic hydroxyl groups is 1. The van der Waals surface area contributed by atoms with Crippen LogP contribution >= 0.6 is 0 Å². The van der Waals surface area contributed by atoms with Gasteiger partial charge in [0.2, 0.25) is 0 Å². The molecule has 2 aliphatic heterocycles. The van der Waals surface area contributed by atoms with Gasteiger partial charge in [0.25, 0.3) is 5.91 Å². The quantitative estimate of drug-likeness (QED) is 0.0919. The van der Waals surface area contributed by atoms with Crippen LogP contribution in [0.2, 0.25) is 0 Å². The number of aliphatic imine (C=N–C) groups is 1. The normalized spacial score (nSPS) is 30.4. The number of hydrogen-bond acceptors (Lipinski definition) is 8. The Balaban J connectivity index is 1.42. The summed E-state index contributed by atoms with van der Waals surface area (Å²) in [5, 5.41) is 16.4. The molecule has 2 N–H and O–H groups in total. The highest BCUT2D eigenvalue weighted by atomic mass is 16.5. The summed E-state index contributed by atoms with van der Waals surface area (Å²) in [6.45, 7) is 5.68. The molecule has 44 heavy (non-hydrogen) atoms. The number of nitrogens with zero attached hydrogens (tertiary/aromatic N) is 5. The van der Waals surface area contributed by atoms with Gasteiger partial charge in [-0.2, -0.15) is 0 Å². The van der Waals surface area contributed by atoms with Crippen molar-refractivity contribution in [3.8, 4) is 0 Å². The lowest BCUT2D eigenvalue weighted by Gasteiger charge is -2.38. The molecule has 5 rings (SSSR count). The van der Waals surface area contributed by atoms with Gasteiger partial charge in [0.1, 0.15) is 0 Å². The monoisotopic (exact) mass is 614 g/mol. The third kappa shape index (κ3) is 8.55. The summed E-state index contributed by atoms with van der Waals surface area (Å²) in [4.78, 5) is 25.4. The van der Waals surface area contributed by atoms with Gasteiger partial charge in [0.15, 0.2) is 17.5 Å². The van der Waals surface area contributed by atoms with Crippen LogP contribution in [0.15, 0.2) is 21.3 Å². The summed E-state index contributed by atoms with van der Waals surface area (Å²) in [7, 11) is 0. The van der Waals surface area contributed by atoms with Crippen LogP contribution in [0.25, 0.3) is 10.4 Å². The van der Waals surface area contributed by atoms with Gasteiger partial charge in [0, 0.05) is 56.8 Å². The number of aliphatic hydroxyl groups excluding tert-OH is 1. The number of morpholine rings is 1. The van der Waals surface area contributed by atoms with Crippen LogP contribution in [0.5, 0.6) is 0 Å². The van der Waals surface area contributed by atoms with Crippen molar-refractivity contribution in [3.63, 3.8) is 0 Å². The molecule has 2 heterocycles. The van der Waals surface area contributed by atoms with Gasteiger partial charge in [-0.05, 0) is 81.2 Å². The highest BCUT2D eigenvalue weighted by Gasteiger charge is 2.56. The number of ether oxygens (including phenoxy) is 3. The molecule has 246 valence electrons. The topological polar surface area (TPSA) is 141 Å². The standard InChI is InChI=1S/C33H54N6O5/c34-38-36-24-27-9-4-5-10-29(27)30-33(23-25-7-2-1-3-8-25,32(41)35-15-16-39-17-21-42-22-18-39)37-31(44-30)26-11-13-28(14-12-26)43-20-6-19-40/h25-26,28,30,40H,1-24H2,(H,35,41)/t26?,28?,30-,33-/m0/s1. The second-order valence-corrected chi connectivity index (χ2v) is 13.4. The Morgan fingerprint density at radius 1 is 1.09 bits per heavy atom. The minimum atomic E-state index is -1.01. The summed E-state index contributed by atoms with van der Waals surface area (Å²) in [6.07, 6.45) is 14.5. The van der Waals surface area contributed by atoms with Crippen molar-refractivity contribution in [1.82, 2.24) is 10.2 Å². The summed E-state index contributed by atoms with van der Waals surface area (Å²) >= 11 is 0. The largest absolute Gasteiger partial charge is 0.470 e. The predicted molar refractivity (Wildman–Crippen MR) is 169 cm³/mol. The second kappa shape index (κ2) is 16.9. The first-order valence-electron chi connectivity index (χ1n) is 17.4. The molecule has 11 heteroatoms. The Bertz CT molecular complexity index is 1040. The van der Waals surface area contributed by atoms with Crippen molar-refractivity contribution in [2.75, 3.05) is 59.2 Å². The van der Waals surface area contributed by atoms with Gasteiger partial charge in [-0.15, -0.1) is 0 Å². The van der Waals surface area contributed by atoms with E-state index in [1.807, 2.05) is 0 Å². The molecule has 0 aromatic heterocycles. The Morgan fingerprint density at radius 2 is 1.86 bits per heavy atom. The number of rotatable bonds is 14. The second-order valence-electron chi connectivity index (χ2n) is 13.4. The summed E-state index contributed by atoms with van der Waals surface area (Å²) in [5.41, 5.74) is 10.4. The number of amides is 1. The van der Waals surface area contributed by atoms with Crippen LogP contribution in [-0.2, 0) is 19.0 Å². The molecule has 0 unspecified atom stereocenters. The molecule has 3 aliphatic carbocycles. The molecule has 11 nitrogen and oxygen atoms in total. The van der Waals surface area contributed by atoms with Crippen LogP contribution in [0.4, 0.5) is 0 Å². The lowest BCUT2D eigenvalue weighted by Crippen LogP contribution is -2.55. The molecule has 0 aromatic rings. The fourth-order valence-electron chi connectivity index (χ4n) is 7.99. The summed E-state index contributed by atoms with van der Waals surface area (Å²) < 4.78 is 18.5. The molecule has 0 bridgehead atoms. The van der Waals surface area contributed by atoms with Crippen molar-refractivity contribution in [2.24, 2.45) is 21.9 Å². The van der Waals surface area contributed by atoms with E-state index in [9.17, 15) is 4.79 Å². The molecule has 0 radical (unpaired) electrons. The molecule has 3 fully saturated rings. The van der Waals surface area contributed by atoms with Crippen LogP contribution in [0.3, 0.4) is 0 Å². The van der Waals surface area contributed by atoms with Crippen molar-refractivity contribution in [2.45, 2.75) is 114 Å². The smallest absolute Gasteiger partial charge is 0.252 e.